The van der Waals surface area contributed by atoms with E-state index in [-0.39, 0.29) is 29.5 Å². The predicted molar refractivity (Wildman–Crippen MR) is 125 cm³/mol. The maximum absolute atomic E-state index is 13.5. The standard InChI is InChI=1S/C24H29FN2O6S/c1-16(28)26-12-11-19-15-27(34(30,31)20-8-6-18(25)7-9-20)21-13-17(5-10-22(21)32-19)14-23(29)33-24(2,3)4/h5-10,13,19H,11-12,14-15H2,1-4H3,(H,26,28)/t19-/m0/s1. The molecule has 0 saturated heterocycles. The van der Waals surface area contributed by atoms with Gasteiger partial charge >= 0.3 is 5.97 Å². The van der Waals surface area contributed by atoms with Gasteiger partial charge < -0.3 is 14.8 Å². The molecular weight excluding hydrogens is 463 g/mol. The molecule has 0 aromatic heterocycles. The third-order valence-electron chi connectivity index (χ3n) is 4.97. The third-order valence-corrected chi connectivity index (χ3v) is 6.76. The second-order valence-corrected chi connectivity index (χ2v) is 10.9. The summed E-state index contributed by atoms with van der Waals surface area (Å²) in [6.07, 6.45) is -0.180. The number of ether oxygens (including phenoxy) is 2. The van der Waals surface area contributed by atoms with Crippen LogP contribution in [0.3, 0.4) is 0 Å². The van der Waals surface area contributed by atoms with Crippen molar-refractivity contribution >= 4 is 27.6 Å². The Balaban J connectivity index is 1.94. The molecule has 0 spiro atoms. The first-order valence-electron chi connectivity index (χ1n) is 10.9. The molecule has 0 unspecified atom stereocenters. The number of carbonyl (C=O) groups excluding carboxylic acids is 2. The zero-order chi connectivity index (χ0) is 25.1. The smallest absolute Gasteiger partial charge is 0.310 e. The largest absolute Gasteiger partial charge is 0.486 e. The van der Waals surface area contributed by atoms with Gasteiger partial charge in [-0.1, -0.05) is 6.07 Å². The van der Waals surface area contributed by atoms with Crippen LogP contribution in [0.25, 0.3) is 0 Å². The first kappa shape index (κ1) is 25.5. The summed E-state index contributed by atoms with van der Waals surface area (Å²) >= 11 is 0. The number of hydrogen-bond donors (Lipinski definition) is 1. The average molecular weight is 493 g/mol. The van der Waals surface area contributed by atoms with E-state index in [9.17, 15) is 22.4 Å². The number of amides is 1. The Kier molecular flexibility index (Phi) is 7.50. The number of fused-ring (bicyclic) bond motifs is 1. The fraction of sp³-hybridized carbons (Fsp3) is 0.417. The third kappa shape index (κ3) is 6.47. The van der Waals surface area contributed by atoms with E-state index >= 15 is 0 Å². The summed E-state index contributed by atoms with van der Waals surface area (Å²) < 4.78 is 53.0. The van der Waals surface area contributed by atoms with Crippen molar-refractivity contribution < 1.29 is 31.9 Å². The lowest BCUT2D eigenvalue weighted by molar-refractivity contribution is -0.153. The molecule has 8 nitrogen and oxygen atoms in total. The summed E-state index contributed by atoms with van der Waals surface area (Å²) in [5, 5.41) is 2.68. The summed E-state index contributed by atoms with van der Waals surface area (Å²) in [7, 11) is -4.06. The Morgan fingerprint density at radius 1 is 1.18 bits per heavy atom. The number of anilines is 1. The van der Waals surface area contributed by atoms with Crippen LogP contribution in [-0.4, -0.2) is 45.1 Å². The molecule has 184 valence electrons. The lowest BCUT2D eigenvalue weighted by atomic mass is 10.1. The van der Waals surface area contributed by atoms with Crippen LogP contribution in [0.5, 0.6) is 5.75 Å². The number of benzene rings is 2. The molecule has 1 amide bonds. The Morgan fingerprint density at radius 3 is 2.47 bits per heavy atom. The van der Waals surface area contributed by atoms with Crippen LogP contribution in [-0.2, 0) is 30.8 Å². The minimum absolute atomic E-state index is 0.0117. The van der Waals surface area contributed by atoms with Gasteiger partial charge in [-0.2, -0.15) is 0 Å². The van der Waals surface area contributed by atoms with Gasteiger partial charge in [-0.15, -0.1) is 0 Å². The van der Waals surface area contributed by atoms with Crippen molar-refractivity contribution in [2.75, 3.05) is 17.4 Å². The van der Waals surface area contributed by atoms with Crippen LogP contribution in [0.4, 0.5) is 10.1 Å². The Hall–Kier alpha value is -3.14. The molecule has 2 aromatic carbocycles. The predicted octanol–water partition coefficient (Wildman–Crippen LogP) is 3.19. The Labute approximate surface area is 199 Å². The van der Waals surface area contributed by atoms with Gasteiger partial charge in [-0.25, -0.2) is 12.8 Å². The number of nitrogens with one attached hydrogen (secondary N) is 1. The SMILES string of the molecule is CC(=O)NCC[C@H]1CN(S(=O)(=O)c2ccc(F)cc2)c2cc(CC(=O)OC(C)(C)C)ccc2O1. The molecule has 34 heavy (non-hydrogen) atoms. The van der Waals surface area contributed by atoms with E-state index in [1.807, 2.05) is 0 Å². The zero-order valence-corrected chi connectivity index (χ0v) is 20.4. The number of rotatable bonds is 7. The Bertz CT molecular complexity index is 1160. The van der Waals surface area contributed by atoms with Gasteiger partial charge in [0.25, 0.3) is 10.0 Å². The molecule has 1 atom stereocenters. The van der Waals surface area contributed by atoms with E-state index in [0.29, 0.717) is 24.3 Å². The molecule has 1 heterocycles. The minimum atomic E-state index is -4.06. The average Bonchev–Trinajstić information content (AvgIpc) is 2.72. The van der Waals surface area contributed by atoms with E-state index in [1.54, 1.807) is 39.0 Å². The monoisotopic (exact) mass is 492 g/mol. The van der Waals surface area contributed by atoms with Gasteiger partial charge in [-0.3, -0.25) is 13.9 Å². The first-order valence-corrected chi connectivity index (χ1v) is 12.3. The van der Waals surface area contributed by atoms with Crippen molar-refractivity contribution in [2.24, 2.45) is 0 Å². The summed E-state index contributed by atoms with van der Waals surface area (Å²) in [5.41, 5.74) is 0.196. The second-order valence-electron chi connectivity index (χ2n) is 9.07. The number of halogens is 1. The number of hydrogen-bond acceptors (Lipinski definition) is 6. The van der Waals surface area contributed by atoms with Crippen LogP contribution in [0.1, 0.15) is 39.7 Å². The molecule has 0 saturated carbocycles. The second kappa shape index (κ2) is 10.0. The number of esters is 1. The summed E-state index contributed by atoms with van der Waals surface area (Å²) in [4.78, 5) is 23.4. The maximum Gasteiger partial charge on any atom is 0.310 e. The van der Waals surface area contributed by atoms with Gasteiger partial charge in [0.15, 0.2) is 0 Å². The van der Waals surface area contributed by atoms with E-state index in [4.69, 9.17) is 9.47 Å². The molecule has 0 bridgehead atoms. The van der Waals surface area contributed by atoms with Gasteiger partial charge in [0.1, 0.15) is 23.3 Å². The molecule has 1 aliphatic heterocycles. The molecule has 0 fully saturated rings. The van der Waals surface area contributed by atoms with Crippen molar-refractivity contribution in [3.05, 3.63) is 53.8 Å². The molecule has 1 aliphatic rings. The van der Waals surface area contributed by atoms with E-state index < -0.39 is 33.5 Å². The van der Waals surface area contributed by atoms with E-state index in [1.165, 1.54) is 23.4 Å². The summed E-state index contributed by atoms with van der Waals surface area (Å²) in [6.45, 7) is 7.00. The van der Waals surface area contributed by atoms with E-state index in [2.05, 4.69) is 5.32 Å². The lowest BCUT2D eigenvalue weighted by Gasteiger charge is -2.36. The van der Waals surface area contributed by atoms with Gasteiger partial charge in [0, 0.05) is 19.9 Å². The van der Waals surface area contributed by atoms with E-state index in [0.717, 1.165) is 12.1 Å². The number of carbonyl (C=O) groups is 2. The Morgan fingerprint density at radius 2 is 1.85 bits per heavy atom. The quantitative estimate of drug-likeness (QED) is 0.596. The highest BCUT2D eigenvalue weighted by molar-refractivity contribution is 7.92. The maximum atomic E-state index is 13.5. The number of nitrogens with zero attached hydrogens (tertiary/aromatic N) is 1. The molecule has 10 heteroatoms. The zero-order valence-electron chi connectivity index (χ0n) is 19.6. The molecule has 0 aliphatic carbocycles. The minimum Gasteiger partial charge on any atom is -0.486 e. The van der Waals surface area contributed by atoms with Gasteiger partial charge in [0.2, 0.25) is 5.91 Å². The van der Waals surface area contributed by atoms with Gasteiger partial charge in [-0.05, 0) is 62.7 Å². The van der Waals surface area contributed by atoms with Crippen LogP contribution >= 0.6 is 0 Å². The topological polar surface area (TPSA) is 102 Å². The molecular formula is C24H29FN2O6S. The fourth-order valence-electron chi connectivity index (χ4n) is 3.53. The first-order chi connectivity index (χ1) is 15.8. The normalized spacial score (nSPS) is 15.8. The summed E-state index contributed by atoms with van der Waals surface area (Å²) in [6, 6.07) is 9.47. The van der Waals surface area contributed by atoms with Crippen molar-refractivity contribution in [2.45, 2.75) is 57.1 Å². The van der Waals surface area contributed by atoms with Crippen molar-refractivity contribution in [1.82, 2.24) is 5.32 Å². The van der Waals surface area contributed by atoms with Crippen LogP contribution < -0.4 is 14.4 Å². The summed E-state index contributed by atoms with van der Waals surface area (Å²) in [5.74, 6) is -0.851. The van der Waals surface area contributed by atoms with Gasteiger partial charge in [0.05, 0.1) is 23.5 Å². The highest BCUT2D eigenvalue weighted by atomic mass is 32.2. The molecule has 1 N–H and O–H groups in total. The highest BCUT2D eigenvalue weighted by Gasteiger charge is 2.35. The lowest BCUT2D eigenvalue weighted by Crippen LogP contribution is -2.44. The molecule has 0 radical (unpaired) electrons. The van der Waals surface area contributed by atoms with Crippen LogP contribution in [0.2, 0.25) is 0 Å². The van der Waals surface area contributed by atoms with Crippen molar-refractivity contribution in [3.63, 3.8) is 0 Å². The van der Waals surface area contributed by atoms with Crippen molar-refractivity contribution in [3.8, 4) is 5.75 Å². The van der Waals surface area contributed by atoms with Crippen molar-refractivity contribution in [1.29, 1.82) is 0 Å². The van der Waals surface area contributed by atoms with Crippen LogP contribution in [0, 0.1) is 5.82 Å². The van der Waals surface area contributed by atoms with Crippen LogP contribution in [0.15, 0.2) is 47.4 Å². The number of sulfonamides is 1. The fourth-order valence-corrected chi connectivity index (χ4v) is 5.03. The highest BCUT2D eigenvalue weighted by Crippen LogP contribution is 2.38. The molecule has 3 rings (SSSR count). The molecule has 2 aromatic rings.